The van der Waals surface area contributed by atoms with Gasteiger partial charge in [0.15, 0.2) is 0 Å². The van der Waals surface area contributed by atoms with Gasteiger partial charge in [-0.15, -0.1) is 0 Å². The van der Waals surface area contributed by atoms with Crippen molar-refractivity contribution < 1.29 is 19.2 Å². The molecule has 1 fully saturated rings. The van der Waals surface area contributed by atoms with Gasteiger partial charge < -0.3 is 24.1 Å². The molecule has 0 aliphatic carbocycles. The van der Waals surface area contributed by atoms with Crippen LogP contribution in [-0.2, 0) is 14.0 Å². The Kier molecular flexibility index (Phi) is 4.90. The highest BCUT2D eigenvalue weighted by Crippen LogP contribution is 2.38. The van der Waals surface area contributed by atoms with Crippen molar-refractivity contribution in [2.24, 2.45) is 4.99 Å². The van der Waals surface area contributed by atoms with E-state index in [1.807, 2.05) is 64.1 Å². The number of para-hydroxylation sites is 1. The molecule has 4 rings (SSSR count). The summed E-state index contributed by atoms with van der Waals surface area (Å²) in [6, 6.07) is 13.1. The monoisotopic (exact) mass is 414 g/mol. The Hall–Kier alpha value is -2.06. The van der Waals surface area contributed by atoms with Gasteiger partial charge in [0, 0.05) is 12.5 Å². The summed E-state index contributed by atoms with van der Waals surface area (Å²) in [5.74, 6) is 0.305. The number of hydrogen-bond donors (Lipinski definition) is 1. The highest BCUT2D eigenvalue weighted by Gasteiger charge is 2.52. The number of fused-ring (bicyclic) bond motifs is 1. The molecule has 0 saturated carbocycles. The molecular formula is C21H24BClN2O4. The lowest BCUT2D eigenvalue weighted by atomic mass is 9.79. The third kappa shape index (κ3) is 3.42. The lowest BCUT2D eigenvalue weighted by Gasteiger charge is -2.33. The van der Waals surface area contributed by atoms with Crippen LogP contribution in [0.4, 0.5) is 11.4 Å². The SMILES string of the molecule is CN1c2ccccc2/C(=N/c2cccc(B3OC(C)(C)C(C)(C)O3)c2Cl)OC1O. The normalized spacial score (nSPS) is 23.8. The molecule has 2 aromatic carbocycles. The topological polar surface area (TPSA) is 63.5 Å². The number of hydrogen-bond acceptors (Lipinski definition) is 6. The van der Waals surface area contributed by atoms with Gasteiger partial charge in [0.25, 0.3) is 6.41 Å². The molecule has 2 aromatic rings. The summed E-state index contributed by atoms with van der Waals surface area (Å²) in [5.41, 5.74) is 1.88. The van der Waals surface area contributed by atoms with Gasteiger partial charge >= 0.3 is 7.12 Å². The highest BCUT2D eigenvalue weighted by atomic mass is 35.5. The number of ether oxygens (including phenoxy) is 1. The number of anilines is 1. The third-order valence-electron chi connectivity index (χ3n) is 5.80. The molecule has 2 aliphatic rings. The van der Waals surface area contributed by atoms with Crippen LogP contribution in [0.3, 0.4) is 0 Å². The highest BCUT2D eigenvalue weighted by molar-refractivity contribution is 6.66. The maximum Gasteiger partial charge on any atom is 0.496 e. The summed E-state index contributed by atoms with van der Waals surface area (Å²) in [6.07, 6.45) is -1.13. The summed E-state index contributed by atoms with van der Waals surface area (Å²) in [6.45, 7) is 7.98. The second-order valence-electron chi connectivity index (χ2n) is 8.26. The zero-order valence-electron chi connectivity index (χ0n) is 17.1. The lowest BCUT2D eigenvalue weighted by Crippen LogP contribution is -2.41. The second-order valence-corrected chi connectivity index (χ2v) is 8.64. The van der Waals surface area contributed by atoms with E-state index >= 15 is 0 Å². The summed E-state index contributed by atoms with van der Waals surface area (Å²) < 4.78 is 17.9. The smallest absolute Gasteiger partial charge is 0.429 e. The van der Waals surface area contributed by atoms with Crippen LogP contribution in [0.1, 0.15) is 33.3 Å². The molecular weight excluding hydrogens is 391 g/mol. The van der Waals surface area contributed by atoms with Crippen molar-refractivity contribution in [2.45, 2.75) is 45.3 Å². The van der Waals surface area contributed by atoms with E-state index in [1.54, 1.807) is 18.0 Å². The van der Waals surface area contributed by atoms with Crippen LogP contribution in [0.15, 0.2) is 47.5 Å². The summed E-state index contributed by atoms with van der Waals surface area (Å²) in [7, 11) is 1.16. The summed E-state index contributed by atoms with van der Waals surface area (Å²) >= 11 is 6.69. The summed E-state index contributed by atoms with van der Waals surface area (Å²) in [5, 5.41) is 10.7. The molecule has 1 saturated heterocycles. The van der Waals surface area contributed by atoms with Gasteiger partial charge in [-0.3, -0.25) is 0 Å². The van der Waals surface area contributed by atoms with Gasteiger partial charge in [0.05, 0.1) is 33.2 Å². The van der Waals surface area contributed by atoms with E-state index in [9.17, 15) is 5.11 Å². The molecule has 1 atom stereocenters. The van der Waals surface area contributed by atoms with Gasteiger partial charge in [-0.05, 0) is 45.9 Å². The van der Waals surface area contributed by atoms with E-state index in [2.05, 4.69) is 4.99 Å². The Morgan fingerprint density at radius 3 is 2.38 bits per heavy atom. The Morgan fingerprint density at radius 2 is 1.69 bits per heavy atom. The molecule has 2 aliphatic heterocycles. The number of rotatable bonds is 2. The number of halogens is 1. The van der Waals surface area contributed by atoms with Crippen LogP contribution < -0.4 is 10.4 Å². The zero-order valence-corrected chi connectivity index (χ0v) is 17.9. The van der Waals surface area contributed by atoms with Crippen LogP contribution in [0, 0.1) is 0 Å². The average molecular weight is 415 g/mol. The van der Waals surface area contributed by atoms with Crippen molar-refractivity contribution in [3.63, 3.8) is 0 Å². The molecule has 0 amide bonds. The molecule has 2 heterocycles. The molecule has 0 aromatic heterocycles. The molecule has 29 heavy (non-hydrogen) atoms. The Balaban J connectivity index is 1.73. The van der Waals surface area contributed by atoms with E-state index in [4.69, 9.17) is 25.6 Å². The zero-order chi connectivity index (χ0) is 21.0. The molecule has 0 spiro atoms. The van der Waals surface area contributed by atoms with E-state index in [0.29, 0.717) is 22.1 Å². The van der Waals surface area contributed by atoms with Gasteiger partial charge in [0.1, 0.15) is 0 Å². The predicted molar refractivity (Wildman–Crippen MR) is 115 cm³/mol. The largest absolute Gasteiger partial charge is 0.496 e. The predicted octanol–water partition coefficient (Wildman–Crippen LogP) is 3.46. The van der Waals surface area contributed by atoms with Crippen LogP contribution in [0.2, 0.25) is 5.02 Å². The van der Waals surface area contributed by atoms with Crippen molar-refractivity contribution in [3.05, 3.63) is 53.1 Å². The maximum absolute atomic E-state index is 10.2. The number of aliphatic hydroxyl groups excluding tert-OH is 1. The molecule has 8 heteroatoms. The van der Waals surface area contributed by atoms with Crippen LogP contribution in [0.25, 0.3) is 0 Å². The first-order valence-electron chi connectivity index (χ1n) is 9.50. The molecule has 1 N–H and O–H groups in total. The van der Waals surface area contributed by atoms with Crippen molar-refractivity contribution >= 4 is 41.5 Å². The van der Waals surface area contributed by atoms with Gasteiger partial charge in [-0.25, -0.2) is 4.99 Å². The number of aliphatic hydroxyl groups is 1. The first-order chi connectivity index (χ1) is 13.6. The minimum absolute atomic E-state index is 0.305. The first-order valence-corrected chi connectivity index (χ1v) is 9.88. The fourth-order valence-corrected chi connectivity index (χ4v) is 3.55. The summed E-state index contributed by atoms with van der Waals surface area (Å²) in [4.78, 5) is 6.25. The molecule has 0 bridgehead atoms. The maximum atomic E-state index is 10.2. The van der Waals surface area contributed by atoms with Crippen LogP contribution in [-0.4, -0.2) is 42.8 Å². The van der Waals surface area contributed by atoms with Gasteiger partial charge in [-0.1, -0.05) is 35.9 Å². The quantitative estimate of drug-likeness (QED) is 0.763. The number of benzene rings is 2. The minimum atomic E-state index is -1.13. The van der Waals surface area contributed by atoms with Crippen LogP contribution >= 0.6 is 11.6 Å². The third-order valence-corrected chi connectivity index (χ3v) is 6.21. The van der Waals surface area contributed by atoms with E-state index in [-0.39, 0.29) is 0 Å². The molecule has 152 valence electrons. The van der Waals surface area contributed by atoms with E-state index in [1.165, 1.54) is 0 Å². The van der Waals surface area contributed by atoms with Gasteiger partial charge in [-0.2, -0.15) is 0 Å². The lowest BCUT2D eigenvalue weighted by molar-refractivity contribution is -0.0282. The van der Waals surface area contributed by atoms with Crippen molar-refractivity contribution in [1.82, 2.24) is 0 Å². The van der Waals surface area contributed by atoms with E-state index < -0.39 is 24.7 Å². The Morgan fingerprint density at radius 1 is 1.03 bits per heavy atom. The minimum Gasteiger partial charge on any atom is -0.429 e. The molecule has 6 nitrogen and oxygen atoms in total. The standard InChI is InChI=1S/C21H24BClN2O4/c1-20(2)21(3,4)29-22(28-20)14-10-8-11-15(17(14)23)24-18-13-9-6-7-12-16(13)25(5)19(26)27-18/h6-12,19,26H,1-5H3/b24-18-. The number of aliphatic imine (C=N–C) groups is 1. The number of nitrogens with zero attached hydrogens (tertiary/aromatic N) is 2. The fraction of sp³-hybridized carbons (Fsp3) is 0.381. The fourth-order valence-electron chi connectivity index (χ4n) is 3.29. The molecule has 1 unspecified atom stereocenters. The van der Waals surface area contributed by atoms with Gasteiger partial charge in [0.2, 0.25) is 5.90 Å². The van der Waals surface area contributed by atoms with Crippen molar-refractivity contribution in [1.29, 1.82) is 0 Å². The Bertz CT molecular complexity index is 963. The average Bonchev–Trinajstić information content (AvgIpc) is 2.88. The first kappa shape index (κ1) is 20.2. The van der Waals surface area contributed by atoms with Crippen molar-refractivity contribution in [3.8, 4) is 0 Å². The Labute approximate surface area is 176 Å². The second kappa shape index (κ2) is 7.02. The van der Waals surface area contributed by atoms with Crippen LogP contribution in [0.5, 0.6) is 0 Å². The van der Waals surface area contributed by atoms with E-state index in [0.717, 1.165) is 11.3 Å². The molecule has 0 radical (unpaired) electrons. The van der Waals surface area contributed by atoms with Crippen molar-refractivity contribution in [2.75, 3.05) is 11.9 Å².